The largest absolute Gasteiger partial charge is 0.480 e. The molecule has 0 aliphatic heterocycles. The smallest absolute Gasteiger partial charge is 0.328 e. The van der Waals surface area contributed by atoms with Crippen LogP contribution in [0.15, 0.2) is 0 Å². The van der Waals surface area contributed by atoms with Crippen molar-refractivity contribution in [2.45, 2.75) is 70.1 Å². The molecular formula is C20H39N5O6S. The van der Waals surface area contributed by atoms with E-state index in [1.807, 2.05) is 20.1 Å². The van der Waals surface area contributed by atoms with Crippen LogP contribution < -0.4 is 27.4 Å². The Morgan fingerprint density at radius 1 is 0.938 bits per heavy atom. The van der Waals surface area contributed by atoms with E-state index >= 15 is 0 Å². The maximum Gasteiger partial charge on any atom is 0.328 e. The molecule has 0 rings (SSSR count). The summed E-state index contributed by atoms with van der Waals surface area (Å²) in [7, 11) is 0. The van der Waals surface area contributed by atoms with Gasteiger partial charge in [-0.1, -0.05) is 20.3 Å². The second-order valence-corrected chi connectivity index (χ2v) is 8.67. The van der Waals surface area contributed by atoms with Gasteiger partial charge in [0, 0.05) is 0 Å². The van der Waals surface area contributed by atoms with Gasteiger partial charge in [-0.3, -0.25) is 14.4 Å². The summed E-state index contributed by atoms with van der Waals surface area (Å²) in [5.74, 6) is -2.61. The van der Waals surface area contributed by atoms with Crippen LogP contribution in [0.1, 0.15) is 46.0 Å². The number of thioether (sulfide) groups is 1. The van der Waals surface area contributed by atoms with Gasteiger partial charge in [0.2, 0.25) is 17.7 Å². The standard InChI is InChI=1S/C20H39N5O6S/c1-4-12(2)16(22)19(29)24-14(8-10-32-3)18(28)23-13(7-5-6-9-21)17(27)25-15(11-26)20(30)31/h12-16,26H,4-11,21-22H2,1-3H3,(H,23,28)(H,24,29)(H,25,27)(H,30,31). The number of nitrogens with two attached hydrogens (primary N) is 2. The van der Waals surface area contributed by atoms with Gasteiger partial charge < -0.3 is 37.6 Å². The molecule has 0 radical (unpaired) electrons. The van der Waals surface area contributed by atoms with Gasteiger partial charge in [-0.25, -0.2) is 4.79 Å². The third-order valence-electron chi connectivity index (χ3n) is 5.18. The summed E-state index contributed by atoms with van der Waals surface area (Å²) in [5, 5.41) is 25.7. The lowest BCUT2D eigenvalue weighted by atomic mass is 9.99. The van der Waals surface area contributed by atoms with Gasteiger partial charge in [-0.15, -0.1) is 0 Å². The number of carboxylic acid groups (broad SMARTS) is 1. The molecule has 12 heteroatoms. The summed E-state index contributed by atoms with van der Waals surface area (Å²) in [6.07, 6.45) is 4.26. The predicted molar refractivity (Wildman–Crippen MR) is 124 cm³/mol. The number of hydrogen-bond acceptors (Lipinski definition) is 8. The van der Waals surface area contributed by atoms with E-state index in [2.05, 4.69) is 16.0 Å². The average Bonchev–Trinajstić information content (AvgIpc) is 2.77. The van der Waals surface area contributed by atoms with Crippen molar-refractivity contribution in [3.05, 3.63) is 0 Å². The Labute approximate surface area is 193 Å². The quantitative estimate of drug-likeness (QED) is 0.125. The van der Waals surface area contributed by atoms with Crippen LogP contribution in [0, 0.1) is 5.92 Å². The first-order valence-electron chi connectivity index (χ1n) is 10.8. The third-order valence-corrected chi connectivity index (χ3v) is 5.82. The number of aliphatic hydroxyl groups excluding tert-OH is 1. The molecule has 0 heterocycles. The number of nitrogens with one attached hydrogen (secondary N) is 3. The van der Waals surface area contributed by atoms with Crippen LogP contribution in [0.2, 0.25) is 0 Å². The van der Waals surface area contributed by atoms with Crippen LogP contribution in [0.4, 0.5) is 0 Å². The van der Waals surface area contributed by atoms with Gasteiger partial charge >= 0.3 is 5.97 Å². The molecule has 0 saturated carbocycles. The molecular weight excluding hydrogens is 438 g/mol. The van der Waals surface area contributed by atoms with Gasteiger partial charge in [0.15, 0.2) is 0 Å². The zero-order valence-electron chi connectivity index (χ0n) is 19.1. The lowest BCUT2D eigenvalue weighted by Crippen LogP contribution is -2.58. The van der Waals surface area contributed by atoms with E-state index in [9.17, 15) is 19.2 Å². The first kappa shape index (κ1) is 30.1. The van der Waals surface area contributed by atoms with E-state index in [0.29, 0.717) is 38.0 Å². The molecule has 32 heavy (non-hydrogen) atoms. The molecule has 5 unspecified atom stereocenters. The van der Waals surface area contributed by atoms with Crippen molar-refractivity contribution in [1.82, 2.24) is 16.0 Å². The van der Waals surface area contributed by atoms with E-state index in [1.54, 1.807) is 0 Å². The summed E-state index contributed by atoms with van der Waals surface area (Å²) in [4.78, 5) is 49.2. The van der Waals surface area contributed by atoms with Crippen LogP contribution in [0.5, 0.6) is 0 Å². The fraction of sp³-hybridized carbons (Fsp3) is 0.800. The SMILES string of the molecule is CCC(C)C(N)C(=O)NC(CCSC)C(=O)NC(CCCCN)C(=O)NC(CO)C(=O)O. The Morgan fingerprint density at radius 3 is 1.94 bits per heavy atom. The first-order chi connectivity index (χ1) is 15.1. The Hall–Kier alpha value is -1.89. The van der Waals surface area contributed by atoms with Crippen LogP contribution in [-0.2, 0) is 19.2 Å². The van der Waals surface area contributed by atoms with Crippen LogP contribution >= 0.6 is 11.8 Å². The highest BCUT2D eigenvalue weighted by Gasteiger charge is 2.30. The van der Waals surface area contributed by atoms with Crippen molar-refractivity contribution < 1.29 is 29.4 Å². The second-order valence-electron chi connectivity index (χ2n) is 7.68. The normalized spacial score (nSPS) is 15.7. The van der Waals surface area contributed by atoms with E-state index in [4.69, 9.17) is 21.7 Å². The number of amides is 3. The maximum absolute atomic E-state index is 12.9. The van der Waals surface area contributed by atoms with Crippen LogP contribution in [-0.4, -0.2) is 83.2 Å². The number of rotatable bonds is 17. The molecule has 0 aromatic rings. The van der Waals surface area contributed by atoms with Crippen molar-refractivity contribution in [3.8, 4) is 0 Å². The highest BCUT2D eigenvalue weighted by Crippen LogP contribution is 2.09. The zero-order valence-corrected chi connectivity index (χ0v) is 20.0. The topological polar surface area (TPSA) is 197 Å². The summed E-state index contributed by atoms with van der Waals surface area (Å²) in [5.41, 5.74) is 11.5. The molecule has 11 nitrogen and oxygen atoms in total. The Bertz CT molecular complexity index is 609. The first-order valence-corrected chi connectivity index (χ1v) is 12.2. The summed E-state index contributed by atoms with van der Waals surface area (Å²) in [6, 6.07) is -4.20. The minimum atomic E-state index is -1.49. The van der Waals surface area contributed by atoms with Crippen molar-refractivity contribution >= 4 is 35.5 Å². The van der Waals surface area contributed by atoms with Crippen molar-refractivity contribution in [1.29, 1.82) is 0 Å². The maximum atomic E-state index is 12.9. The van der Waals surface area contributed by atoms with E-state index < -0.39 is 54.5 Å². The zero-order chi connectivity index (χ0) is 24.7. The lowest BCUT2D eigenvalue weighted by molar-refractivity contribution is -0.143. The van der Waals surface area contributed by atoms with Crippen LogP contribution in [0.25, 0.3) is 0 Å². The second kappa shape index (κ2) is 16.7. The molecule has 0 aromatic heterocycles. The monoisotopic (exact) mass is 477 g/mol. The van der Waals surface area contributed by atoms with E-state index in [1.165, 1.54) is 11.8 Å². The number of unbranched alkanes of at least 4 members (excludes halogenated alkanes) is 1. The van der Waals surface area contributed by atoms with Crippen molar-refractivity contribution in [3.63, 3.8) is 0 Å². The summed E-state index contributed by atoms with van der Waals surface area (Å²) < 4.78 is 0. The number of carboxylic acids is 1. The molecule has 0 fully saturated rings. The molecule has 5 atom stereocenters. The fourth-order valence-electron chi connectivity index (χ4n) is 2.78. The molecule has 0 saturated heterocycles. The minimum Gasteiger partial charge on any atom is -0.480 e. The average molecular weight is 478 g/mol. The van der Waals surface area contributed by atoms with Gasteiger partial charge in [0.1, 0.15) is 18.1 Å². The van der Waals surface area contributed by atoms with Crippen molar-refractivity contribution in [2.75, 3.05) is 25.2 Å². The molecule has 0 aliphatic carbocycles. The molecule has 0 spiro atoms. The van der Waals surface area contributed by atoms with Gasteiger partial charge in [0.05, 0.1) is 12.6 Å². The summed E-state index contributed by atoms with van der Waals surface area (Å²) >= 11 is 1.50. The summed E-state index contributed by atoms with van der Waals surface area (Å²) in [6.45, 7) is 3.37. The Kier molecular flexibility index (Phi) is 15.7. The Balaban J connectivity index is 5.40. The highest BCUT2D eigenvalue weighted by molar-refractivity contribution is 7.98. The molecule has 9 N–H and O–H groups in total. The number of aliphatic carboxylic acids is 1. The third kappa shape index (κ3) is 11.1. The van der Waals surface area contributed by atoms with Gasteiger partial charge in [-0.05, 0) is 50.2 Å². The number of carbonyl (C=O) groups is 4. The minimum absolute atomic E-state index is 0.0690. The number of aliphatic hydroxyl groups is 1. The molecule has 0 aliphatic rings. The number of hydrogen-bond donors (Lipinski definition) is 7. The highest BCUT2D eigenvalue weighted by atomic mass is 32.2. The van der Waals surface area contributed by atoms with E-state index in [-0.39, 0.29) is 12.3 Å². The predicted octanol–water partition coefficient (Wildman–Crippen LogP) is -1.23. The van der Waals surface area contributed by atoms with E-state index in [0.717, 1.165) is 0 Å². The Morgan fingerprint density at radius 2 is 1.47 bits per heavy atom. The number of carbonyl (C=O) groups excluding carboxylic acids is 3. The molecule has 3 amide bonds. The fourth-order valence-corrected chi connectivity index (χ4v) is 3.25. The van der Waals surface area contributed by atoms with Crippen LogP contribution in [0.3, 0.4) is 0 Å². The molecule has 186 valence electrons. The lowest BCUT2D eigenvalue weighted by Gasteiger charge is -2.26. The van der Waals surface area contributed by atoms with Gasteiger partial charge in [0.25, 0.3) is 0 Å². The van der Waals surface area contributed by atoms with Gasteiger partial charge in [-0.2, -0.15) is 11.8 Å². The van der Waals surface area contributed by atoms with Crippen molar-refractivity contribution in [2.24, 2.45) is 17.4 Å². The molecule has 0 aromatic carbocycles. The molecule has 0 bridgehead atoms.